The van der Waals surface area contributed by atoms with Crippen LogP contribution in [0.1, 0.15) is 69.2 Å². The fourth-order valence-electron chi connectivity index (χ4n) is 3.32. The van der Waals surface area contributed by atoms with Gasteiger partial charge in [0.05, 0.1) is 6.04 Å². The zero-order valence-electron chi connectivity index (χ0n) is 14.4. The summed E-state index contributed by atoms with van der Waals surface area (Å²) in [4.78, 5) is 5.44. The molecule has 3 heteroatoms. The third-order valence-corrected chi connectivity index (χ3v) is 6.58. The SMILES string of the molecule is CC1CCC(N(C)C(CN)c2ccc(C(C)(C)C)s2)CC1. The molecule has 1 fully saturated rings. The number of hydrogen-bond donors (Lipinski definition) is 1. The molecule has 1 aliphatic rings. The molecule has 2 N–H and O–H groups in total. The number of hydrogen-bond acceptors (Lipinski definition) is 3. The Hall–Kier alpha value is -0.380. The lowest BCUT2D eigenvalue weighted by molar-refractivity contribution is 0.128. The van der Waals surface area contributed by atoms with Crippen LogP contribution in [0.2, 0.25) is 0 Å². The zero-order chi connectivity index (χ0) is 15.6. The van der Waals surface area contributed by atoms with Crippen LogP contribution in [0, 0.1) is 5.92 Å². The lowest BCUT2D eigenvalue weighted by Gasteiger charge is -2.38. The highest BCUT2D eigenvalue weighted by Gasteiger charge is 2.28. The van der Waals surface area contributed by atoms with Gasteiger partial charge in [0.15, 0.2) is 0 Å². The minimum Gasteiger partial charge on any atom is -0.329 e. The van der Waals surface area contributed by atoms with Crippen molar-refractivity contribution < 1.29 is 0 Å². The fraction of sp³-hybridized carbons (Fsp3) is 0.778. The maximum Gasteiger partial charge on any atom is 0.0564 e. The number of nitrogens with zero attached hydrogens (tertiary/aromatic N) is 1. The minimum atomic E-state index is 0.237. The Bertz CT molecular complexity index is 438. The maximum absolute atomic E-state index is 6.12. The second-order valence-corrected chi connectivity index (χ2v) is 8.90. The largest absolute Gasteiger partial charge is 0.329 e. The van der Waals surface area contributed by atoms with E-state index in [1.165, 1.54) is 35.4 Å². The molecule has 1 saturated carbocycles. The molecule has 0 saturated heterocycles. The highest BCUT2D eigenvalue weighted by atomic mass is 32.1. The van der Waals surface area contributed by atoms with Gasteiger partial charge < -0.3 is 5.73 Å². The first-order chi connectivity index (χ1) is 9.82. The van der Waals surface area contributed by atoms with Gasteiger partial charge in [-0.05, 0) is 56.2 Å². The monoisotopic (exact) mass is 308 g/mol. The van der Waals surface area contributed by atoms with Crippen LogP contribution in [0.3, 0.4) is 0 Å². The molecule has 0 bridgehead atoms. The second-order valence-electron chi connectivity index (χ2n) is 7.78. The Labute approximate surface area is 134 Å². The Morgan fingerprint density at radius 2 is 1.86 bits per heavy atom. The third kappa shape index (κ3) is 4.08. The van der Waals surface area contributed by atoms with Gasteiger partial charge >= 0.3 is 0 Å². The third-order valence-electron chi connectivity index (χ3n) is 4.97. The van der Waals surface area contributed by atoms with Crippen LogP contribution in [0.4, 0.5) is 0 Å². The summed E-state index contributed by atoms with van der Waals surface area (Å²) in [6.45, 7) is 9.95. The summed E-state index contributed by atoms with van der Waals surface area (Å²) in [6.07, 6.45) is 5.38. The van der Waals surface area contributed by atoms with Crippen molar-refractivity contribution in [2.24, 2.45) is 11.7 Å². The van der Waals surface area contributed by atoms with Crippen molar-refractivity contribution >= 4 is 11.3 Å². The predicted molar refractivity (Wildman–Crippen MR) is 94.0 cm³/mol. The number of likely N-dealkylation sites (N-methyl/N-ethyl adjacent to an activating group) is 1. The Morgan fingerprint density at radius 3 is 2.33 bits per heavy atom. The predicted octanol–water partition coefficient (Wildman–Crippen LogP) is 4.56. The lowest BCUT2D eigenvalue weighted by Crippen LogP contribution is -2.40. The molecule has 0 amide bonds. The quantitative estimate of drug-likeness (QED) is 0.883. The Morgan fingerprint density at radius 1 is 1.24 bits per heavy atom. The molecule has 2 nitrogen and oxygen atoms in total. The van der Waals surface area contributed by atoms with Crippen LogP contribution in [0.5, 0.6) is 0 Å². The van der Waals surface area contributed by atoms with Gasteiger partial charge in [-0.2, -0.15) is 0 Å². The highest BCUT2D eigenvalue weighted by molar-refractivity contribution is 7.12. The summed E-state index contributed by atoms with van der Waals surface area (Å²) in [6, 6.07) is 5.67. The molecule has 1 heterocycles. The molecule has 1 atom stereocenters. The van der Waals surface area contributed by atoms with Crippen molar-refractivity contribution in [3.05, 3.63) is 21.9 Å². The molecule has 2 rings (SSSR count). The summed E-state index contributed by atoms with van der Waals surface area (Å²) in [5.41, 5.74) is 6.36. The molecule has 1 aromatic heterocycles. The first kappa shape index (κ1) is 17.0. The number of nitrogens with two attached hydrogens (primary N) is 1. The Kier molecular flexibility index (Phi) is 5.50. The van der Waals surface area contributed by atoms with Gasteiger partial charge in [-0.1, -0.05) is 27.7 Å². The maximum atomic E-state index is 6.12. The van der Waals surface area contributed by atoms with Crippen molar-refractivity contribution in [2.45, 2.75) is 70.9 Å². The van der Waals surface area contributed by atoms with E-state index in [9.17, 15) is 0 Å². The van der Waals surface area contributed by atoms with Gasteiger partial charge in [0.2, 0.25) is 0 Å². The van der Waals surface area contributed by atoms with E-state index in [-0.39, 0.29) is 5.41 Å². The first-order valence-corrected chi connectivity index (χ1v) is 9.16. The van der Waals surface area contributed by atoms with Crippen LogP contribution in [0.25, 0.3) is 0 Å². The van der Waals surface area contributed by atoms with Crippen LogP contribution < -0.4 is 5.73 Å². The van der Waals surface area contributed by atoms with Gasteiger partial charge in [0, 0.05) is 22.3 Å². The summed E-state index contributed by atoms with van der Waals surface area (Å²) in [5.74, 6) is 0.903. The van der Waals surface area contributed by atoms with Gasteiger partial charge in [-0.3, -0.25) is 4.90 Å². The zero-order valence-corrected chi connectivity index (χ0v) is 15.2. The minimum absolute atomic E-state index is 0.237. The van der Waals surface area contributed by atoms with E-state index in [4.69, 9.17) is 5.73 Å². The molecule has 0 spiro atoms. The fourth-order valence-corrected chi connectivity index (χ4v) is 4.55. The van der Waals surface area contributed by atoms with Crippen LogP contribution in [0.15, 0.2) is 12.1 Å². The summed E-state index contributed by atoms with van der Waals surface area (Å²) in [7, 11) is 2.27. The van der Waals surface area contributed by atoms with E-state index in [0.29, 0.717) is 18.6 Å². The van der Waals surface area contributed by atoms with Crippen molar-refractivity contribution in [2.75, 3.05) is 13.6 Å². The van der Waals surface area contributed by atoms with Crippen LogP contribution in [-0.2, 0) is 5.41 Å². The topological polar surface area (TPSA) is 29.3 Å². The summed E-state index contributed by atoms with van der Waals surface area (Å²) < 4.78 is 0. The number of rotatable bonds is 4. The van der Waals surface area contributed by atoms with Gasteiger partial charge in [0.1, 0.15) is 0 Å². The van der Waals surface area contributed by atoms with Crippen molar-refractivity contribution in [1.29, 1.82) is 0 Å². The molecule has 1 aromatic rings. The van der Waals surface area contributed by atoms with E-state index < -0.39 is 0 Å². The average Bonchev–Trinajstić information content (AvgIpc) is 2.90. The van der Waals surface area contributed by atoms with E-state index in [0.717, 1.165) is 5.92 Å². The van der Waals surface area contributed by atoms with Gasteiger partial charge in [0.25, 0.3) is 0 Å². The summed E-state index contributed by atoms with van der Waals surface area (Å²) >= 11 is 1.94. The molecule has 0 radical (unpaired) electrons. The molecule has 0 aliphatic heterocycles. The van der Waals surface area contributed by atoms with E-state index in [2.05, 4.69) is 51.8 Å². The van der Waals surface area contributed by atoms with E-state index in [1.54, 1.807) is 0 Å². The van der Waals surface area contributed by atoms with Crippen molar-refractivity contribution in [1.82, 2.24) is 4.90 Å². The highest BCUT2D eigenvalue weighted by Crippen LogP contribution is 2.36. The molecule has 1 aliphatic carbocycles. The first-order valence-electron chi connectivity index (χ1n) is 8.35. The van der Waals surface area contributed by atoms with Crippen molar-refractivity contribution in [3.63, 3.8) is 0 Å². The van der Waals surface area contributed by atoms with Crippen molar-refractivity contribution in [3.8, 4) is 0 Å². The molecule has 1 unspecified atom stereocenters. The summed E-state index contributed by atoms with van der Waals surface area (Å²) in [5, 5.41) is 0. The number of thiophene rings is 1. The van der Waals surface area contributed by atoms with Crippen LogP contribution >= 0.6 is 11.3 Å². The normalized spacial score (nSPS) is 25.3. The molecule has 120 valence electrons. The van der Waals surface area contributed by atoms with E-state index in [1.807, 2.05) is 11.3 Å². The molecular formula is C18H32N2S. The Balaban J connectivity index is 2.10. The van der Waals surface area contributed by atoms with Gasteiger partial charge in [-0.25, -0.2) is 0 Å². The van der Waals surface area contributed by atoms with Gasteiger partial charge in [-0.15, -0.1) is 11.3 Å². The standard InChI is InChI=1S/C18H32N2S/c1-13-6-8-14(9-7-13)20(5)15(12-19)16-10-11-17(21-16)18(2,3)4/h10-11,13-15H,6-9,12,19H2,1-5H3. The van der Waals surface area contributed by atoms with Crippen LogP contribution in [-0.4, -0.2) is 24.5 Å². The second kappa shape index (κ2) is 6.80. The smallest absolute Gasteiger partial charge is 0.0564 e. The lowest BCUT2D eigenvalue weighted by atomic mass is 9.86. The van der Waals surface area contributed by atoms with E-state index >= 15 is 0 Å². The average molecular weight is 309 g/mol. The molecule has 0 aromatic carbocycles. The molecular weight excluding hydrogens is 276 g/mol. The molecule has 21 heavy (non-hydrogen) atoms.